The maximum Gasteiger partial charge on any atom is 0.143 e. The number of nitrogens with zero attached hydrogens (tertiary/aromatic N) is 4. The second kappa shape index (κ2) is 4.53. The van der Waals surface area contributed by atoms with E-state index in [4.69, 9.17) is 11.1 Å². The molecule has 1 fully saturated rings. The number of rotatable bonds is 2. The van der Waals surface area contributed by atoms with Crippen LogP contribution in [0, 0.1) is 5.41 Å². The third-order valence-electron chi connectivity index (χ3n) is 3.60. The smallest absolute Gasteiger partial charge is 0.143 e. The highest BCUT2D eigenvalue weighted by atomic mass is 15.3. The molecule has 3 N–H and O–H groups in total. The van der Waals surface area contributed by atoms with E-state index < -0.39 is 0 Å². The van der Waals surface area contributed by atoms with Crippen LogP contribution in [-0.4, -0.2) is 52.9 Å². The van der Waals surface area contributed by atoms with Crippen molar-refractivity contribution in [2.24, 2.45) is 5.73 Å². The van der Waals surface area contributed by atoms with E-state index in [1.165, 1.54) is 6.33 Å². The number of hydrogen-bond acceptors (Lipinski definition) is 5. The van der Waals surface area contributed by atoms with Crippen LogP contribution in [0.2, 0.25) is 0 Å². The highest BCUT2D eigenvalue weighted by Gasteiger charge is 2.32. The van der Waals surface area contributed by atoms with E-state index in [2.05, 4.69) is 40.7 Å². The molecule has 0 radical (unpaired) electrons. The van der Waals surface area contributed by atoms with Crippen molar-refractivity contribution >= 4 is 11.7 Å². The van der Waals surface area contributed by atoms with Gasteiger partial charge in [-0.15, -0.1) is 0 Å². The highest BCUT2D eigenvalue weighted by Crippen LogP contribution is 2.24. The number of nitrogen functional groups attached to an aromatic ring is 1. The van der Waals surface area contributed by atoms with E-state index in [-0.39, 0.29) is 11.4 Å². The minimum atomic E-state index is 0.0161. The fourth-order valence-electron chi connectivity index (χ4n) is 2.19. The molecule has 0 unspecified atom stereocenters. The predicted molar refractivity (Wildman–Crippen MR) is 72.0 cm³/mol. The van der Waals surface area contributed by atoms with Gasteiger partial charge in [-0.1, -0.05) is 0 Å². The number of piperazine rings is 1. The SMILES string of the molecule is CN1CCN(c2ncncc2C(=N)N)CC1(C)C. The lowest BCUT2D eigenvalue weighted by Crippen LogP contribution is -2.58. The van der Waals surface area contributed by atoms with E-state index in [9.17, 15) is 0 Å². The Hall–Kier alpha value is -1.69. The van der Waals surface area contributed by atoms with Crippen LogP contribution in [-0.2, 0) is 0 Å². The maximum atomic E-state index is 7.59. The number of nitrogens with two attached hydrogens (primary N) is 1. The molecule has 98 valence electrons. The lowest BCUT2D eigenvalue weighted by molar-refractivity contribution is 0.138. The van der Waals surface area contributed by atoms with Crippen LogP contribution in [0.5, 0.6) is 0 Å². The maximum absolute atomic E-state index is 7.59. The fourth-order valence-corrected chi connectivity index (χ4v) is 2.19. The zero-order valence-corrected chi connectivity index (χ0v) is 11.1. The Morgan fingerprint density at radius 2 is 2.17 bits per heavy atom. The van der Waals surface area contributed by atoms with Gasteiger partial charge >= 0.3 is 0 Å². The molecule has 0 spiro atoms. The van der Waals surface area contributed by atoms with Gasteiger partial charge < -0.3 is 10.6 Å². The predicted octanol–water partition coefficient (Wildman–Crippen LogP) is 0.291. The molecule has 0 bridgehead atoms. The first-order chi connectivity index (χ1) is 8.42. The van der Waals surface area contributed by atoms with Crippen molar-refractivity contribution in [3.05, 3.63) is 18.1 Å². The molecule has 0 saturated carbocycles. The molecule has 0 atom stereocenters. The van der Waals surface area contributed by atoms with Crippen LogP contribution in [0.3, 0.4) is 0 Å². The van der Waals surface area contributed by atoms with Gasteiger partial charge in [0.1, 0.15) is 18.0 Å². The van der Waals surface area contributed by atoms with Gasteiger partial charge in [-0.05, 0) is 20.9 Å². The molecule has 1 aliphatic heterocycles. The average Bonchev–Trinajstić information content (AvgIpc) is 2.32. The first kappa shape index (κ1) is 12.8. The van der Waals surface area contributed by atoms with Crippen molar-refractivity contribution in [3.63, 3.8) is 0 Å². The standard InChI is InChI=1S/C12H20N6/c1-12(2)7-18(5-4-17(12)3)11-9(10(13)14)6-15-8-16-11/h6,8H,4-5,7H2,1-3H3,(H3,13,14). The van der Waals surface area contributed by atoms with E-state index in [0.29, 0.717) is 5.56 Å². The molecule has 1 aromatic heterocycles. The molecule has 1 aromatic rings. The molecular formula is C12H20N6. The van der Waals surface area contributed by atoms with Gasteiger partial charge in [0.2, 0.25) is 0 Å². The molecule has 2 heterocycles. The Morgan fingerprint density at radius 1 is 1.44 bits per heavy atom. The van der Waals surface area contributed by atoms with Crippen LogP contribution in [0.4, 0.5) is 5.82 Å². The Kier molecular flexibility index (Phi) is 3.21. The number of aromatic nitrogens is 2. The Bertz CT molecular complexity index is 456. The van der Waals surface area contributed by atoms with Crippen LogP contribution < -0.4 is 10.6 Å². The fraction of sp³-hybridized carbons (Fsp3) is 0.583. The number of amidine groups is 1. The van der Waals surface area contributed by atoms with Crippen molar-refractivity contribution in [2.75, 3.05) is 31.6 Å². The van der Waals surface area contributed by atoms with Gasteiger partial charge in [-0.3, -0.25) is 10.3 Å². The zero-order valence-electron chi connectivity index (χ0n) is 11.1. The molecule has 6 nitrogen and oxygen atoms in total. The molecule has 2 rings (SSSR count). The molecule has 0 amide bonds. The van der Waals surface area contributed by atoms with Crippen LogP contribution in [0.25, 0.3) is 0 Å². The van der Waals surface area contributed by atoms with Crippen molar-refractivity contribution in [1.29, 1.82) is 5.41 Å². The van der Waals surface area contributed by atoms with E-state index in [1.54, 1.807) is 6.20 Å². The summed E-state index contributed by atoms with van der Waals surface area (Å²) in [5.74, 6) is 0.779. The van der Waals surface area contributed by atoms with Gasteiger partial charge in [0.05, 0.1) is 5.56 Å². The molecule has 0 aromatic carbocycles. The van der Waals surface area contributed by atoms with Crippen molar-refractivity contribution in [2.45, 2.75) is 19.4 Å². The lowest BCUT2D eigenvalue weighted by atomic mass is 9.99. The first-order valence-electron chi connectivity index (χ1n) is 6.02. The first-order valence-corrected chi connectivity index (χ1v) is 6.02. The average molecular weight is 248 g/mol. The van der Waals surface area contributed by atoms with Gasteiger partial charge in [-0.25, -0.2) is 9.97 Å². The number of likely N-dealkylation sites (N-methyl/N-ethyl adjacent to an activating group) is 1. The Labute approximate surface area is 107 Å². The summed E-state index contributed by atoms with van der Waals surface area (Å²) in [6, 6.07) is 0. The molecule has 18 heavy (non-hydrogen) atoms. The number of anilines is 1. The van der Waals surface area contributed by atoms with Crippen molar-refractivity contribution < 1.29 is 0 Å². The Balaban J connectivity index is 2.30. The summed E-state index contributed by atoms with van der Waals surface area (Å²) < 4.78 is 0. The molecular weight excluding hydrogens is 228 g/mol. The highest BCUT2D eigenvalue weighted by molar-refractivity contribution is 5.99. The molecule has 1 saturated heterocycles. The van der Waals surface area contributed by atoms with Gasteiger partial charge in [0.15, 0.2) is 0 Å². The summed E-state index contributed by atoms with van der Waals surface area (Å²) >= 11 is 0. The minimum Gasteiger partial charge on any atom is -0.384 e. The summed E-state index contributed by atoms with van der Waals surface area (Å²) in [6.07, 6.45) is 3.11. The quantitative estimate of drug-likeness (QED) is 0.581. The van der Waals surface area contributed by atoms with Crippen LogP contribution in [0.15, 0.2) is 12.5 Å². The van der Waals surface area contributed by atoms with E-state index in [0.717, 1.165) is 25.5 Å². The Morgan fingerprint density at radius 3 is 2.78 bits per heavy atom. The minimum absolute atomic E-state index is 0.0161. The second-order valence-electron chi connectivity index (χ2n) is 5.33. The van der Waals surface area contributed by atoms with E-state index >= 15 is 0 Å². The summed E-state index contributed by atoms with van der Waals surface area (Å²) in [5.41, 5.74) is 6.27. The zero-order chi connectivity index (χ0) is 13.3. The van der Waals surface area contributed by atoms with Crippen molar-refractivity contribution in [3.8, 4) is 0 Å². The summed E-state index contributed by atoms with van der Waals surface area (Å²) in [4.78, 5) is 12.7. The molecule has 1 aliphatic rings. The third-order valence-corrected chi connectivity index (χ3v) is 3.60. The monoisotopic (exact) mass is 248 g/mol. The van der Waals surface area contributed by atoms with Gasteiger partial charge in [0, 0.05) is 31.4 Å². The molecule has 0 aliphatic carbocycles. The summed E-state index contributed by atoms with van der Waals surface area (Å²) in [6.45, 7) is 7.12. The van der Waals surface area contributed by atoms with E-state index in [1.807, 2.05) is 0 Å². The topological polar surface area (TPSA) is 82.1 Å². The van der Waals surface area contributed by atoms with Gasteiger partial charge in [0.25, 0.3) is 0 Å². The van der Waals surface area contributed by atoms with Crippen LogP contribution in [0.1, 0.15) is 19.4 Å². The molecule has 6 heteroatoms. The van der Waals surface area contributed by atoms with Gasteiger partial charge in [-0.2, -0.15) is 0 Å². The largest absolute Gasteiger partial charge is 0.384 e. The summed E-state index contributed by atoms with van der Waals surface area (Å²) in [7, 11) is 2.13. The number of hydrogen-bond donors (Lipinski definition) is 2. The second-order valence-corrected chi connectivity index (χ2v) is 5.33. The number of nitrogens with one attached hydrogen (secondary N) is 1. The normalized spacial score (nSPS) is 19.8. The van der Waals surface area contributed by atoms with Crippen LogP contribution >= 0.6 is 0 Å². The third kappa shape index (κ3) is 2.28. The lowest BCUT2D eigenvalue weighted by Gasteiger charge is -2.46. The van der Waals surface area contributed by atoms with Crippen molar-refractivity contribution in [1.82, 2.24) is 14.9 Å². The summed E-state index contributed by atoms with van der Waals surface area (Å²) in [5, 5.41) is 7.59.